The average Bonchev–Trinajstić information content (AvgIpc) is 3.99. The Bertz CT molecular complexity index is 2430. The third-order valence-corrected chi connectivity index (χ3v) is 13.5. The molecule has 0 aliphatic rings. The van der Waals surface area contributed by atoms with Crippen LogP contribution in [0.25, 0.3) is 0 Å². The zero-order chi connectivity index (χ0) is 50.9. The number of thiophene rings is 3. The second-order valence-corrected chi connectivity index (χ2v) is 21.4. The first-order valence-corrected chi connectivity index (χ1v) is 26.1. The zero-order valence-electron chi connectivity index (χ0n) is 43.4. The SMILES string of the molecule is Cc1cc(Cl)c(C)s1.Cc1ccc(C)c(C)c1.Cc1ccc(C)cc1.Cc1ccc(C)s1.Cc1ccccc1.Cc1ccccc1.Cc1ccccc1.Cc1ccccc1C.Cc1sccc1Cl. The quantitative estimate of drug-likeness (QED) is 0.142. The summed E-state index contributed by atoms with van der Waals surface area (Å²) in [7, 11) is 0. The molecule has 0 radical (unpaired) electrons. The van der Waals surface area contributed by atoms with Gasteiger partial charge in [0.1, 0.15) is 0 Å². The first kappa shape index (κ1) is 61.0. The number of benzene rings is 6. The number of hydrogen-bond donors (Lipinski definition) is 0. The van der Waals surface area contributed by atoms with E-state index in [0.717, 1.165) is 10.0 Å². The first-order valence-electron chi connectivity index (χ1n) is 22.9. The molecule has 68 heavy (non-hydrogen) atoms. The van der Waals surface area contributed by atoms with Crippen LogP contribution < -0.4 is 0 Å². The summed E-state index contributed by atoms with van der Waals surface area (Å²) in [4.78, 5) is 6.49. The lowest BCUT2D eigenvalue weighted by atomic mass is 10.1. The maximum atomic E-state index is 5.74. The van der Waals surface area contributed by atoms with Crippen molar-refractivity contribution in [3.8, 4) is 0 Å². The highest BCUT2D eigenvalue weighted by Gasteiger charge is 1.96. The van der Waals surface area contributed by atoms with Crippen LogP contribution in [0.15, 0.2) is 187 Å². The molecule has 360 valence electrons. The predicted octanol–water partition coefficient (Wildman–Crippen LogP) is 21.3. The Hall–Kier alpha value is -5.00. The lowest BCUT2D eigenvalue weighted by Crippen LogP contribution is -1.79. The van der Waals surface area contributed by atoms with Gasteiger partial charge in [0.25, 0.3) is 0 Å². The number of rotatable bonds is 0. The second kappa shape index (κ2) is 36.0. The summed E-state index contributed by atoms with van der Waals surface area (Å²) in [5, 5.41) is 3.76. The van der Waals surface area contributed by atoms with E-state index in [1.54, 1.807) is 22.7 Å². The van der Waals surface area contributed by atoms with Crippen LogP contribution in [0.1, 0.15) is 80.0 Å². The smallest absolute Gasteiger partial charge is 0.0544 e. The van der Waals surface area contributed by atoms with Crippen LogP contribution in [0, 0.1) is 104 Å². The molecule has 6 aromatic carbocycles. The van der Waals surface area contributed by atoms with Gasteiger partial charge in [-0.3, -0.25) is 0 Å². The van der Waals surface area contributed by atoms with Crippen LogP contribution in [0.5, 0.6) is 0 Å². The molecule has 9 aromatic rings. The molecule has 3 aromatic heterocycles. The third-order valence-electron chi connectivity index (χ3n) is 9.78. The van der Waals surface area contributed by atoms with E-state index in [4.69, 9.17) is 23.2 Å². The van der Waals surface area contributed by atoms with Gasteiger partial charge < -0.3 is 0 Å². The molecule has 0 spiro atoms. The molecular formula is C63H76Cl2S3. The Morgan fingerprint density at radius 2 is 0.618 bits per heavy atom. The minimum atomic E-state index is 0.880. The van der Waals surface area contributed by atoms with Crippen LogP contribution in [-0.2, 0) is 0 Å². The van der Waals surface area contributed by atoms with Crippen LogP contribution in [0.2, 0.25) is 10.0 Å². The van der Waals surface area contributed by atoms with Gasteiger partial charge in [-0.1, -0.05) is 214 Å². The summed E-state index contributed by atoms with van der Waals surface area (Å²) >= 11 is 16.6. The van der Waals surface area contributed by atoms with Crippen LogP contribution in [0.3, 0.4) is 0 Å². The van der Waals surface area contributed by atoms with E-state index in [1.807, 2.05) is 97.3 Å². The van der Waals surface area contributed by atoms with Crippen LogP contribution >= 0.6 is 57.2 Å². The fourth-order valence-corrected chi connectivity index (χ4v) is 8.12. The van der Waals surface area contributed by atoms with E-state index >= 15 is 0 Å². The molecule has 3 heterocycles. The average molecular weight is 1000 g/mol. The summed E-state index contributed by atoms with van der Waals surface area (Å²) < 4.78 is 0. The molecule has 0 aliphatic heterocycles. The van der Waals surface area contributed by atoms with Gasteiger partial charge >= 0.3 is 0 Å². The van der Waals surface area contributed by atoms with Crippen molar-refractivity contribution in [2.24, 2.45) is 0 Å². The van der Waals surface area contributed by atoms with Crippen molar-refractivity contribution < 1.29 is 0 Å². The molecule has 0 aliphatic carbocycles. The maximum absolute atomic E-state index is 5.74. The van der Waals surface area contributed by atoms with Crippen molar-refractivity contribution in [3.63, 3.8) is 0 Å². The lowest BCUT2D eigenvalue weighted by molar-refractivity contribution is 1.30. The van der Waals surface area contributed by atoms with E-state index < -0.39 is 0 Å². The molecule has 0 fully saturated rings. The molecule has 0 nitrogen and oxygen atoms in total. The highest BCUT2D eigenvalue weighted by atomic mass is 35.5. The molecule has 0 atom stereocenters. The van der Waals surface area contributed by atoms with E-state index in [0.29, 0.717) is 0 Å². The molecule has 0 unspecified atom stereocenters. The zero-order valence-corrected chi connectivity index (χ0v) is 47.3. The maximum Gasteiger partial charge on any atom is 0.0544 e. The van der Waals surface area contributed by atoms with E-state index in [1.165, 1.54) is 80.0 Å². The van der Waals surface area contributed by atoms with Crippen molar-refractivity contribution in [1.82, 2.24) is 0 Å². The Morgan fingerprint density at radius 1 is 0.265 bits per heavy atom. The molecular weight excluding hydrogens is 924 g/mol. The number of halogens is 2. The summed E-state index contributed by atoms with van der Waals surface area (Å²) in [5.41, 5.74) is 13.5. The number of aryl methyl sites for hydroxylation is 15. The van der Waals surface area contributed by atoms with E-state index in [-0.39, 0.29) is 0 Å². The minimum absolute atomic E-state index is 0.880. The molecule has 0 saturated heterocycles. The topological polar surface area (TPSA) is 0 Å². The largest absolute Gasteiger partial charge is 0.148 e. The molecule has 0 bridgehead atoms. The van der Waals surface area contributed by atoms with Gasteiger partial charge in [-0.25, -0.2) is 0 Å². The van der Waals surface area contributed by atoms with Gasteiger partial charge in [0, 0.05) is 24.4 Å². The molecule has 0 N–H and O–H groups in total. The van der Waals surface area contributed by atoms with Crippen molar-refractivity contribution in [1.29, 1.82) is 0 Å². The van der Waals surface area contributed by atoms with Crippen molar-refractivity contribution in [2.45, 2.75) is 104 Å². The summed E-state index contributed by atoms with van der Waals surface area (Å²) in [6, 6.07) is 62.3. The molecule has 0 saturated carbocycles. The standard InChI is InChI=1S/C9H12.2C8H10.3C7H8.C6H7ClS.C6H8S.C5H5ClS/c1-7-4-5-8(2)9(3)6-7;1-7-3-5-8(2)6-4-7;1-7-5-3-4-6-8(7)2;3*1-7-5-3-2-4-6-7;1-4-3-6(7)5(2)8-4;1-5-3-4-6(2)7-5;1-4-5(6)2-3-7-4/h4-6H,1-3H3;2*3-6H,1-2H3;3*2-6H,1H3;3H,1-2H3;3-4H,1-2H3;2-3H,1H3. The van der Waals surface area contributed by atoms with Gasteiger partial charge in [0.05, 0.1) is 10.0 Å². The van der Waals surface area contributed by atoms with Crippen molar-refractivity contribution >= 4 is 57.2 Å². The summed E-state index contributed by atoms with van der Waals surface area (Å²) in [6.45, 7) is 31.4. The van der Waals surface area contributed by atoms with E-state index in [2.05, 4.69) is 205 Å². The van der Waals surface area contributed by atoms with Gasteiger partial charge in [-0.15, -0.1) is 34.0 Å². The second-order valence-electron chi connectivity index (χ2n) is 16.5. The highest BCUT2D eigenvalue weighted by Crippen LogP contribution is 2.24. The van der Waals surface area contributed by atoms with Gasteiger partial charge in [0.2, 0.25) is 0 Å². The van der Waals surface area contributed by atoms with Gasteiger partial charge in [-0.2, -0.15) is 0 Å². The fourth-order valence-electron chi connectivity index (χ4n) is 5.32. The third kappa shape index (κ3) is 31.1. The summed E-state index contributed by atoms with van der Waals surface area (Å²) in [6.07, 6.45) is 0. The number of hydrogen-bond acceptors (Lipinski definition) is 3. The summed E-state index contributed by atoms with van der Waals surface area (Å²) in [5.74, 6) is 0. The normalized spacial score (nSPS) is 9.25. The minimum Gasteiger partial charge on any atom is -0.148 e. The van der Waals surface area contributed by atoms with Crippen molar-refractivity contribution in [2.75, 3.05) is 0 Å². The van der Waals surface area contributed by atoms with Gasteiger partial charge in [-0.05, 0) is 156 Å². The monoisotopic (exact) mass is 998 g/mol. The predicted molar refractivity (Wildman–Crippen MR) is 313 cm³/mol. The highest BCUT2D eigenvalue weighted by molar-refractivity contribution is 7.12. The van der Waals surface area contributed by atoms with Crippen molar-refractivity contribution in [3.05, 3.63) is 277 Å². The Labute approximate surface area is 435 Å². The van der Waals surface area contributed by atoms with E-state index in [9.17, 15) is 0 Å². The molecule has 5 heteroatoms. The molecule has 9 rings (SSSR count). The molecule has 0 amide bonds. The first-order chi connectivity index (χ1) is 32.3. The van der Waals surface area contributed by atoms with Gasteiger partial charge in [0.15, 0.2) is 0 Å². The van der Waals surface area contributed by atoms with Crippen LogP contribution in [-0.4, -0.2) is 0 Å². The van der Waals surface area contributed by atoms with Crippen LogP contribution in [0.4, 0.5) is 0 Å². The Balaban J connectivity index is 0.000000383. The lowest BCUT2D eigenvalue weighted by Gasteiger charge is -1.98. The fraction of sp³-hybridized carbons (Fsp3) is 0.238. The Morgan fingerprint density at radius 3 is 0.809 bits per heavy atom. The Kier molecular flexibility index (Phi) is 32.3.